The van der Waals surface area contributed by atoms with E-state index < -0.39 is 0 Å². The molecular formula is C13H15ClN2S. The highest BCUT2D eigenvalue weighted by molar-refractivity contribution is 7.11. The minimum Gasteiger partial charge on any atom is -0.304 e. The van der Waals surface area contributed by atoms with E-state index in [-0.39, 0.29) is 6.04 Å². The lowest BCUT2D eigenvalue weighted by Gasteiger charge is -2.11. The van der Waals surface area contributed by atoms with E-state index in [1.165, 1.54) is 10.4 Å². The summed E-state index contributed by atoms with van der Waals surface area (Å²) in [5, 5.41) is 5.36. The molecule has 2 aromatic rings. The standard InChI is InChI=1S/C13H15ClN2S/c1-9-7-16-13(17-9)10(2)15-8-11-3-5-12(14)6-4-11/h3-7,10,15H,8H2,1-2H3. The SMILES string of the molecule is Cc1cnc(C(C)NCc2ccc(Cl)cc2)s1. The van der Waals surface area contributed by atoms with Crippen molar-refractivity contribution in [2.75, 3.05) is 0 Å². The van der Waals surface area contributed by atoms with Gasteiger partial charge >= 0.3 is 0 Å². The fraction of sp³-hybridized carbons (Fsp3) is 0.308. The number of hydrogen-bond acceptors (Lipinski definition) is 3. The third-order valence-electron chi connectivity index (χ3n) is 2.54. The van der Waals surface area contributed by atoms with Crippen molar-refractivity contribution in [1.82, 2.24) is 10.3 Å². The van der Waals surface area contributed by atoms with Gasteiger partial charge in [0.1, 0.15) is 5.01 Å². The number of halogens is 1. The van der Waals surface area contributed by atoms with Crippen molar-refractivity contribution in [3.63, 3.8) is 0 Å². The largest absolute Gasteiger partial charge is 0.304 e. The van der Waals surface area contributed by atoms with E-state index in [2.05, 4.69) is 24.1 Å². The molecule has 0 saturated heterocycles. The Morgan fingerprint density at radius 2 is 2.06 bits per heavy atom. The lowest BCUT2D eigenvalue weighted by molar-refractivity contribution is 0.572. The first-order chi connectivity index (χ1) is 8.15. The summed E-state index contributed by atoms with van der Waals surface area (Å²) in [6.07, 6.45) is 1.92. The molecule has 0 spiro atoms. The first kappa shape index (κ1) is 12.6. The number of aromatic nitrogens is 1. The van der Waals surface area contributed by atoms with Crippen LogP contribution in [0.25, 0.3) is 0 Å². The van der Waals surface area contributed by atoms with Gasteiger partial charge in [-0.25, -0.2) is 4.98 Å². The molecule has 1 aromatic heterocycles. The number of nitrogens with zero attached hydrogens (tertiary/aromatic N) is 1. The van der Waals surface area contributed by atoms with E-state index in [0.29, 0.717) is 0 Å². The fourth-order valence-electron chi connectivity index (χ4n) is 1.53. The van der Waals surface area contributed by atoms with Crippen molar-refractivity contribution in [3.8, 4) is 0 Å². The van der Waals surface area contributed by atoms with Crippen molar-refractivity contribution in [3.05, 3.63) is 50.9 Å². The van der Waals surface area contributed by atoms with Gasteiger partial charge in [0.15, 0.2) is 0 Å². The number of aryl methyl sites for hydroxylation is 1. The summed E-state index contributed by atoms with van der Waals surface area (Å²) >= 11 is 7.58. The van der Waals surface area contributed by atoms with E-state index in [0.717, 1.165) is 16.6 Å². The minimum absolute atomic E-state index is 0.282. The molecule has 1 aromatic carbocycles. The number of nitrogens with one attached hydrogen (secondary N) is 1. The Balaban J connectivity index is 1.92. The first-order valence-electron chi connectivity index (χ1n) is 5.55. The smallest absolute Gasteiger partial charge is 0.109 e. The molecule has 0 amide bonds. The number of hydrogen-bond donors (Lipinski definition) is 1. The Hall–Kier alpha value is -0.900. The average molecular weight is 267 g/mol. The second-order valence-corrected chi connectivity index (χ2v) is 5.74. The summed E-state index contributed by atoms with van der Waals surface area (Å²) < 4.78 is 0. The highest BCUT2D eigenvalue weighted by atomic mass is 35.5. The lowest BCUT2D eigenvalue weighted by atomic mass is 10.2. The van der Waals surface area contributed by atoms with Crippen molar-refractivity contribution in [1.29, 1.82) is 0 Å². The minimum atomic E-state index is 0.282. The van der Waals surface area contributed by atoms with Crippen molar-refractivity contribution in [2.24, 2.45) is 0 Å². The van der Waals surface area contributed by atoms with Crippen molar-refractivity contribution < 1.29 is 0 Å². The molecule has 2 rings (SSSR count). The predicted molar refractivity (Wildman–Crippen MR) is 73.6 cm³/mol. The third kappa shape index (κ3) is 3.53. The summed E-state index contributed by atoms with van der Waals surface area (Å²) in [5.74, 6) is 0. The molecule has 1 unspecified atom stereocenters. The second kappa shape index (κ2) is 5.63. The molecule has 0 aliphatic heterocycles. The van der Waals surface area contributed by atoms with Crippen LogP contribution in [0.2, 0.25) is 5.02 Å². The third-order valence-corrected chi connectivity index (χ3v) is 3.88. The molecule has 1 N–H and O–H groups in total. The highest BCUT2D eigenvalue weighted by Crippen LogP contribution is 2.19. The van der Waals surface area contributed by atoms with Crippen LogP contribution in [0.4, 0.5) is 0 Å². The second-order valence-electron chi connectivity index (χ2n) is 4.04. The molecule has 1 heterocycles. The quantitative estimate of drug-likeness (QED) is 0.906. The van der Waals surface area contributed by atoms with E-state index in [4.69, 9.17) is 11.6 Å². The van der Waals surface area contributed by atoms with Crippen LogP contribution >= 0.6 is 22.9 Å². The molecular weight excluding hydrogens is 252 g/mol. The number of rotatable bonds is 4. The highest BCUT2D eigenvalue weighted by Gasteiger charge is 2.08. The first-order valence-corrected chi connectivity index (χ1v) is 6.75. The molecule has 0 aliphatic rings. The molecule has 4 heteroatoms. The normalized spacial score (nSPS) is 12.6. The van der Waals surface area contributed by atoms with Crippen LogP contribution in [0.5, 0.6) is 0 Å². The zero-order chi connectivity index (χ0) is 12.3. The Bertz CT molecular complexity index is 478. The lowest BCUT2D eigenvalue weighted by Crippen LogP contribution is -2.17. The maximum absolute atomic E-state index is 5.84. The summed E-state index contributed by atoms with van der Waals surface area (Å²) in [6.45, 7) is 5.04. The van der Waals surface area contributed by atoms with Gasteiger partial charge in [-0.05, 0) is 31.5 Å². The monoisotopic (exact) mass is 266 g/mol. The Morgan fingerprint density at radius 1 is 1.35 bits per heavy atom. The maximum atomic E-state index is 5.84. The van der Waals surface area contributed by atoms with E-state index >= 15 is 0 Å². The molecule has 17 heavy (non-hydrogen) atoms. The molecule has 0 radical (unpaired) electrons. The summed E-state index contributed by atoms with van der Waals surface area (Å²) in [7, 11) is 0. The van der Waals surface area contributed by atoms with Gasteiger partial charge in [-0.15, -0.1) is 11.3 Å². The van der Waals surface area contributed by atoms with Gasteiger partial charge in [0.2, 0.25) is 0 Å². The van der Waals surface area contributed by atoms with Gasteiger partial charge in [-0.3, -0.25) is 0 Å². The van der Waals surface area contributed by atoms with Crippen LogP contribution in [0.3, 0.4) is 0 Å². The van der Waals surface area contributed by atoms with Gasteiger partial charge in [0.05, 0.1) is 6.04 Å². The summed E-state index contributed by atoms with van der Waals surface area (Å²) in [6, 6.07) is 8.18. The summed E-state index contributed by atoms with van der Waals surface area (Å²) in [5.41, 5.74) is 1.23. The van der Waals surface area contributed by atoms with Crippen LogP contribution < -0.4 is 5.32 Å². The van der Waals surface area contributed by atoms with Gasteiger partial charge in [-0.2, -0.15) is 0 Å². The Morgan fingerprint density at radius 3 is 2.65 bits per heavy atom. The van der Waals surface area contributed by atoms with Crippen LogP contribution in [-0.4, -0.2) is 4.98 Å². The molecule has 0 saturated carbocycles. The van der Waals surface area contributed by atoms with Gasteiger partial charge < -0.3 is 5.32 Å². The predicted octanol–water partition coefficient (Wildman–Crippen LogP) is 3.96. The number of benzene rings is 1. The average Bonchev–Trinajstić information content (AvgIpc) is 2.75. The molecule has 90 valence electrons. The Labute approximate surface area is 111 Å². The van der Waals surface area contributed by atoms with Crippen LogP contribution in [0.1, 0.15) is 28.4 Å². The zero-order valence-corrected chi connectivity index (χ0v) is 11.5. The van der Waals surface area contributed by atoms with Crippen LogP contribution in [0.15, 0.2) is 30.5 Å². The number of thiazole rings is 1. The zero-order valence-electron chi connectivity index (χ0n) is 9.90. The molecule has 2 nitrogen and oxygen atoms in total. The molecule has 0 fully saturated rings. The summed E-state index contributed by atoms with van der Waals surface area (Å²) in [4.78, 5) is 5.63. The van der Waals surface area contributed by atoms with Crippen LogP contribution in [0, 0.1) is 6.92 Å². The molecule has 0 aliphatic carbocycles. The fourth-order valence-corrected chi connectivity index (χ4v) is 2.46. The van der Waals surface area contributed by atoms with Gasteiger partial charge in [0.25, 0.3) is 0 Å². The van der Waals surface area contributed by atoms with E-state index in [1.807, 2.05) is 30.5 Å². The molecule has 1 atom stereocenters. The maximum Gasteiger partial charge on any atom is 0.109 e. The van der Waals surface area contributed by atoms with Gasteiger partial charge in [-0.1, -0.05) is 23.7 Å². The Kier molecular flexibility index (Phi) is 4.15. The van der Waals surface area contributed by atoms with Crippen molar-refractivity contribution >= 4 is 22.9 Å². The van der Waals surface area contributed by atoms with Crippen LogP contribution in [-0.2, 0) is 6.54 Å². The topological polar surface area (TPSA) is 24.9 Å². The van der Waals surface area contributed by atoms with Crippen molar-refractivity contribution in [2.45, 2.75) is 26.4 Å². The molecule has 0 bridgehead atoms. The van der Waals surface area contributed by atoms with E-state index in [9.17, 15) is 0 Å². The van der Waals surface area contributed by atoms with E-state index in [1.54, 1.807) is 11.3 Å². The van der Waals surface area contributed by atoms with Gasteiger partial charge in [0, 0.05) is 22.6 Å².